The Morgan fingerprint density at radius 3 is 2.02 bits per heavy atom. The SMILES string of the molecule is CCCc1ccnc(-n2c3[c-]c(Oc4[c-]c(-n5nc(C)c(-c6c(C(C)C)cc(C(C)C)cc6C(C)C)c5C)cc(C(C)C)c4)ccc3c3ccccc32)c1.[Pt+2]. The van der Waals surface area contributed by atoms with Crippen molar-refractivity contribution in [2.24, 2.45) is 0 Å². The van der Waals surface area contributed by atoms with Gasteiger partial charge in [0.1, 0.15) is 5.82 Å². The van der Waals surface area contributed by atoms with Gasteiger partial charge in [-0.1, -0.05) is 105 Å². The first-order valence-corrected chi connectivity index (χ1v) is 19.8. The fourth-order valence-corrected chi connectivity index (χ4v) is 7.85. The number of hydrogen-bond acceptors (Lipinski definition) is 3. The van der Waals surface area contributed by atoms with Gasteiger partial charge < -0.3 is 9.30 Å². The Labute approximate surface area is 342 Å². The third kappa shape index (κ3) is 7.70. The summed E-state index contributed by atoms with van der Waals surface area (Å²) in [7, 11) is 0. The maximum absolute atomic E-state index is 6.70. The summed E-state index contributed by atoms with van der Waals surface area (Å²) in [6, 6.07) is 33.4. The molecule has 0 saturated carbocycles. The molecule has 0 unspecified atom stereocenters. The zero-order valence-corrected chi connectivity index (χ0v) is 36.5. The number of ether oxygens (including phenoxy) is 1. The molecule has 0 aliphatic carbocycles. The molecule has 4 aromatic carbocycles. The number of pyridine rings is 1. The average Bonchev–Trinajstić information content (AvgIpc) is 3.63. The number of benzene rings is 4. The molecule has 0 bridgehead atoms. The summed E-state index contributed by atoms with van der Waals surface area (Å²) in [6.45, 7) is 24.8. The van der Waals surface area contributed by atoms with Crippen LogP contribution in [0.4, 0.5) is 0 Å². The molecule has 3 heterocycles. The monoisotopic (exact) mass is 909 g/mol. The van der Waals surface area contributed by atoms with E-state index in [-0.39, 0.29) is 27.0 Å². The predicted octanol–water partition coefficient (Wildman–Crippen LogP) is 13.5. The van der Waals surface area contributed by atoms with Crippen LogP contribution in [0.3, 0.4) is 0 Å². The van der Waals surface area contributed by atoms with E-state index in [1.165, 1.54) is 33.4 Å². The van der Waals surface area contributed by atoms with Crippen LogP contribution < -0.4 is 4.74 Å². The fourth-order valence-electron chi connectivity index (χ4n) is 7.85. The Kier molecular flexibility index (Phi) is 11.9. The first-order valence-electron chi connectivity index (χ1n) is 19.8. The molecule has 0 saturated heterocycles. The van der Waals surface area contributed by atoms with Crippen LogP contribution >= 0.6 is 0 Å². The van der Waals surface area contributed by atoms with Crippen molar-refractivity contribution >= 4 is 21.8 Å². The normalized spacial score (nSPS) is 11.8. The van der Waals surface area contributed by atoms with Crippen molar-refractivity contribution < 1.29 is 25.8 Å². The molecular weight excluding hydrogens is 856 g/mol. The van der Waals surface area contributed by atoms with E-state index in [9.17, 15) is 0 Å². The van der Waals surface area contributed by atoms with Gasteiger partial charge in [0, 0.05) is 34.5 Å². The van der Waals surface area contributed by atoms with E-state index >= 15 is 0 Å². The minimum atomic E-state index is 0. The second kappa shape index (κ2) is 16.3. The van der Waals surface area contributed by atoms with Gasteiger partial charge in [0.2, 0.25) is 0 Å². The third-order valence-corrected chi connectivity index (χ3v) is 10.8. The first kappa shape index (κ1) is 40.2. The Bertz CT molecular complexity index is 2450. The van der Waals surface area contributed by atoms with Crippen LogP contribution in [0.2, 0.25) is 0 Å². The molecule has 3 aromatic heterocycles. The number of nitrogens with zero attached hydrogens (tertiary/aromatic N) is 4. The van der Waals surface area contributed by atoms with Gasteiger partial charge in [0.15, 0.2) is 0 Å². The van der Waals surface area contributed by atoms with Gasteiger partial charge in [-0.05, 0) is 101 Å². The molecule has 5 nitrogen and oxygen atoms in total. The van der Waals surface area contributed by atoms with Gasteiger partial charge >= 0.3 is 21.1 Å². The van der Waals surface area contributed by atoms with Gasteiger partial charge in [-0.25, -0.2) is 4.98 Å². The second-order valence-corrected chi connectivity index (χ2v) is 16.1. The van der Waals surface area contributed by atoms with Crippen molar-refractivity contribution in [2.75, 3.05) is 0 Å². The van der Waals surface area contributed by atoms with Crippen LogP contribution in [-0.4, -0.2) is 19.3 Å². The molecule has 0 spiro atoms. The molecule has 6 heteroatoms. The van der Waals surface area contributed by atoms with Crippen molar-refractivity contribution in [1.29, 1.82) is 0 Å². The maximum atomic E-state index is 6.70. The van der Waals surface area contributed by atoms with E-state index in [0.717, 1.165) is 63.1 Å². The Balaban J connectivity index is 0.00000514. The zero-order valence-electron chi connectivity index (χ0n) is 34.2. The van der Waals surface area contributed by atoms with Gasteiger partial charge in [-0.2, -0.15) is 11.2 Å². The van der Waals surface area contributed by atoms with Crippen LogP contribution in [0, 0.1) is 26.0 Å². The first-order chi connectivity index (χ1) is 25.9. The van der Waals surface area contributed by atoms with Crippen LogP contribution in [-0.2, 0) is 27.5 Å². The molecule has 0 N–H and O–H groups in total. The van der Waals surface area contributed by atoms with E-state index in [2.05, 4.69) is 164 Å². The largest absolute Gasteiger partial charge is 2.00 e. The summed E-state index contributed by atoms with van der Waals surface area (Å²) in [4.78, 5) is 4.82. The summed E-state index contributed by atoms with van der Waals surface area (Å²) >= 11 is 0. The van der Waals surface area contributed by atoms with Crippen LogP contribution in [0.5, 0.6) is 11.5 Å². The maximum Gasteiger partial charge on any atom is 2.00 e. The average molecular weight is 910 g/mol. The van der Waals surface area contributed by atoms with Gasteiger partial charge in [0.25, 0.3) is 0 Å². The minimum Gasteiger partial charge on any atom is -0.509 e. The second-order valence-electron chi connectivity index (χ2n) is 16.1. The van der Waals surface area contributed by atoms with Crippen molar-refractivity contribution in [3.63, 3.8) is 0 Å². The smallest absolute Gasteiger partial charge is 0.509 e. The molecule has 286 valence electrons. The van der Waals surface area contributed by atoms with Gasteiger partial charge in [-0.15, -0.1) is 41.3 Å². The van der Waals surface area contributed by atoms with Crippen molar-refractivity contribution in [3.05, 3.63) is 130 Å². The Hall–Kier alpha value is -4.47. The quantitative estimate of drug-likeness (QED) is 0.122. The van der Waals surface area contributed by atoms with E-state index in [1.807, 2.05) is 12.3 Å². The zero-order chi connectivity index (χ0) is 38.4. The molecule has 0 atom stereocenters. The molecule has 0 aliphatic heterocycles. The number of aryl methyl sites for hydroxylation is 2. The standard InChI is InChI=1S/C49H54N4O.Pt/c1-12-15-35-20-21-50-47(22-35)52-45-17-14-13-16-41(45)42-19-18-39(28-46(42)52)54-40-24-36(29(2)3)23-38(27-40)53-34(11)48(33(10)51-53)49-43(31(6)7)25-37(30(4)5)26-44(49)32(8)9;/h13-14,16-26,29-32H,12,15H2,1-11H3;/q-2;+2. The molecule has 55 heavy (non-hydrogen) atoms. The van der Waals surface area contributed by atoms with E-state index in [1.54, 1.807) is 0 Å². The van der Waals surface area contributed by atoms with Crippen LogP contribution in [0.25, 0.3) is 44.4 Å². The molecule has 0 amide bonds. The number of aromatic nitrogens is 4. The fraction of sp³-hybridized carbons (Fsp3) is 0.347. The van der Waals surface area contributed by atoms with Crippen LogP contribution in [0.1, 0.15) is 132 Å². The van der Waals surface area contributed by atoms with Gasteiger partial charge in [0.05, 0.1) is 5.69 Å². The van der Waals surface area contributed by atoms with Crippen molar-refractivity contribution in [2.45, 2.75) is 113 Å². The summed E-state index contributed by atoms with van der Waals surface area (Å²) < 4.78 is 11.0. The number of hydrogen-bond donors (Lipinski definition) is 0. The predicted molar refractivity (Wildman–Crippen MR) is 225 cm³/mol. The van der Waals surface area contributed by atoms with E-state index < -0.39 is 0 Å². The van der Waals surface area contributed by atoms with Crippen molar-refractivity contribution in [1.82, 2.24) is 19.3 Å². The van der Waals surface area contributed by atoms with Crippen LogP contribution in [0.15, 0.2) is 79.0 Å². The van der Waals surface area contributed by atoms with Crippen molar-refractivity contribution in [3.8, 4) is 34.1 Å². The summed E-state index contributed by atoms with van der Waals surface area (Å²) in [5.74, 6) is 3.63. The summed E-state index contributed by atoms with van der Waals surface area (Å²) in [5.41, 5.74) is 14.2. The Morgan fingerprint density at radius 1 is 0.691 bits per heavy atom. The molecule has 7 aromatic rings. The topological polar surface area (TPSA) is 44.9 Å². The van der Waals surface area contributed by atoms with E-state index in [4.69, 9.17) is 14.8 Å². The number of para-hydroxylation sites is 1. The number of rotatable bonds is 11. The van der Waals surface area contributed by atoms with E-state index in [0.29, 0.717) is 29.3 Å². The Morgan fingerprint density at radius 2 is 1.36 bits per heavy atom. The molecule has 0 radical (unpaired) electrons. The molecular formula is C49H54N4OPt. The summed E-state index contributed by atoms with van der Waals surface area (Å²) in [5, 5.41) is 7.48. The number of fused-ring (bicyclic) bond motifs is 3. The summed E-state index contributed by atoms with van der Waals surface area (Å²) in [6.07, 6.45) is 4.00. The molecule has 7 rings (SSSR count). The third-order valence-electron chi connectivity index (χ3n) is 10.8. The molecule has 0 aliphatic rings. The molecule has 0 fully saturated rings. The van der Waals surface area contributed by atoms with Gasteiger partial charge in [-0.3, -0.25) is 4.68 Å². The minimum absolute atomic E-state index is 0.